The summed E-state index contributed by atoms with van der Waals surface area (Å²) in [5.41, 5.74) is 0.912. The number of hydrogen-bond donors (Lipinski definition) is 0. The number of methoxy groups -OCH3 is 1. The first kappa shape index (κ1) is 11.0. The van der Waals surface area contributed by atoms with Crippen LogP contribution in [0.3, 0.4) is 0 Å². The van der Waals surface area contributed by atoms with Crippen LogP contribution in [0.1, 0.15) is 32.1 Å². The first-order chi connectivity index (χ1) is 7.40. The molecule has 0 heterocycles. The van der Waals surface area contributed by atoms with Crippen LogP contribution in [0.4, 0.5) is 0 Å². The zero-order valence-corrected chi connectivity index (χ0v) is 10.3. The van der Waals surface area contributed by atoms with E-state index in [0.29, 0.717) is 0 Å². The van der Waals surface area contributed by atoms with Crippen LogP contribution in [0.15, 0.2) is 24.3 Å². The van der Waals surface area contributed by atoms with Gasteiger partial charge in [-0.3, -0.25) is 0 Å². The van der Waals surface area contributed by atoms with Gasteiger partial charge < -0.3 is 4.74 Å². The van der Waals surface area contributed by atoms with Crippen LogP contribution in [0, 0.1) is 0 Å². The van der Waals surface area contributed by atoms with Crippen molar-refractivity contribution in [2.75, 3.05) is 7.11 Å². The highest BCUT2D eigenvalue weighted by Crippen LogP contribution is 2.34. The summed E-state index contributed by atoms with van der Waals surface area (Å²) in [5.74, 6) is 1.07. The maximum absolute atomic E-state index is 5.39. The molecule has 1 aliphatic rings. The SMILES string of the molecule is COc1ccccc1PC1CCCCC1. The summed E-state index contributed by atoms with van der Waals surface area (Å²) < 4.78 is 5.39. The molecule has 1 nitrogen and oxygen atoms in total. The van der Waals surface area contributed by atoms with Crippen LogP contribution in [0.5, 0.6) is 5.75 Å². The fourth-order valence-electron chi connectivity index (χ4n) is 2.23. The van der Waals surface area contributed by atoms with Gasteiger partial charge in [-0.15, -0.1) is 0 Å². The van der Waals surface area contributed by atoms with Crippen LogP contribution in [-0.4, -0.2) is 12.8 Å². The summed E-state index contributed by atoms with van der Waals surface area (Å²) in [6, 6.07) is 8.46. The molecule has 82 valence electrons. The average Bonchev–Trinajstić information content (AvgIpc) is 2.31. The molecule has 0 bridgehead atoms. The molecular formula is C13H19OP. The third-order valence-electron chi connectivity index (χ3n) is 3.07. The van der Waals surface area contributed by atoms with Gasteiger partial charge in [-0.1, -0.05) is 46.0 Å². The monoisotopic (exact) mass is 222 g/mol. The minimum Gasteiger partial charge on any atom is -0.496 e. The average molecular weight is 222 g/mol. The van der Waals surface area contributed by atoms with E-state index in [1.165, 1.54) is 37.4 Å². The highest BCUT2D eigenvalue weighted by Gasteiger charge is 2.15. The minimum absolute atomic E-state index is 0.912. The molecular weight excluding hydrogens is 203 g/mol. The van der Waals surface area contributed by atoms with Crippen molar-refractivity contribution in [1.82, 2.24) is 0 Å². The standard InChI is InChI=1S/C13H19OP/c1-14-12-9-5-6-10-13(12)15-11-7-3-2-4-8-11/h5-6,9-11,15H,2-4,7-8H2,1H3. The van der Waals surface area contributed by atoms with Gasteiger partial charge in [0.2, 0.25) is 0 Å². The van der Waals surface area contributed by atoms with E-state index in [1.54, 1.807) is 7.11 Å². The van der Waals surface area contributed by atoms with Gasteiger partial charge in [-0.25, -0.2) is 0 Å². The summed E-state index contributed by atoms with van der Waals surface area (Å²) in [6.07, 6.45) is 7.11. The van der Waals surface area contributed by atoms with Crippen LogP contribution in [0.2, 0.25) is 0 Å². The van der Waals surface area contributed by atoms with E-state index in [9.17, 15) is 0 Å². The first-order valence-electron chi connectivity index (χ1n) is 5.79. The Hall–Kier alpha value is -0.550. The Morgan fingerprint density at radius 1 is 1.13 bits per heavy atom. The molecule has 1 atom stereocenters. The predicted octanol–water partition coefficient (Wildman–Crippen LogP) is 3.33. The van der Waals surface area contributed by atoms with Crippen LogP contribution < -0.4 is 10.0 Å². The molecule has 2 heteroatoms. The third kappa shape index (κ3) is 2.95. The molecule has 0 spiro atoms. The normalized spacial score (nSPS) is 18.5. The van der Waals surface area contributed by atoms with E-state index in [1.807, 2.05) is 6.07 Å². The topological polar surface area (TPSA) is 9.23 Å². The molecule has 1 aliphatic carbocycles. The summed E-state index contributed by atoms with van der Waals surface area (Å²) in [4.78, 5) is 0. The smallest absolute Gasteiger partial charge is 0.126 e. The molecule has 2 rings (SSSR count). The van der Waals surface area contributed by atoms with E-state index < -0.39 is 0 Å². The Labute approximate surface area is 94.0 Å². The van der Waals surface area contributed by atoms with Crippen molar-refractivity contribution in [3.63, 3.8) is 0 Å². The second kappa shape index (κ2) is 5.51. The summed E-state index contributed by atoms with van der Waals surface area (Å²) in [5, 5.41) is 1.41. The molecule has 1 fully saturated rings. The van der Waals surface area contributed by atoms with E-state index in [4.69, 9.17) is 4.74 Å². The lowest BCUT2D eigenvalue weighted by atomic mass is 10.0. The first-order valence-corrected chi connectivity index (χ1v) is 6.87. The highest BCUT2D eigenvalue weighted by molar-refractivity contribution is 7.48. The van der Waals surface area contributed by atoms with E-state index >= 15 is 0 Å². The lowest BCUT2D eigenvalue weighted by Gasteiger charge is -2.22. The van der Waals surface area contributed by atoms with Gasteiger partial charge in [0.1, 0.15) is 5.75 Å². The molecule has 0 radical (unpaired) electrons. The van der Waals surface area contributed by atoms with Gasteiger partial charge in [0, 0.05) is 5.30 Å². The summed E-state index contributed by atoms with van der Waals surface area (Å²) >= 11 is 0. The van der Waals surface area contributed by atoms with Crippen molar-refractivity contribution < 1.29 is 4.74 Å². The number of benzene rings is 1. The number of ether oxygens (including phenoxy) is 1. The van der Waals surface area contributed by atoms with Gasteiger partial charge in [0.25, 0.3) is 0 Å². The lowest BCUT2D eigenvalue weighted by Crippen LogP contribution is -2.12. The predicted molar refractivity (Wildman–Crippen MR) is 67.8 cm³/mol. The Kier molecular flexibility index (Phi) is 4.02. The van der Waals surface area contributed by atoms with E-state index in [0.717, 1.165) is 20.0 Å². The van der Waals surface area contributed by atoms with Gasteiger partial charge in [-0.05, 0) is 24.6 Å². The van der Waals surface area contributed by atoms with Gasteiger partial charge in [-0.2, -0.15) is 0 Å². The van der Waals surface area contributed by atoms with Crippen LogP contribution in [0.25, 0.3) is 0 Å². The Morgan fingerprint density at radius 2 is 1.87 bits per heavy atom. The largest absolute Gasteiger partial charge is 0.496 e. The third-order valence-corrected chi connectivity index (χ3v) is 4.78. The maximum atomic E-state index is 5.39. The number of hydrogen-bond acceptors (Lipinski definition) is 1. The Morgan fingerprint density at radius 3 is 2.60 bits per heavy atom. The molecule has 1 aromatic rings. The highest BCUT2D eigenvalue weighted by atomic mass is 31.1. The molecule has 0 amide bonds. The molecule has 1 saturated carbocycles. The molecule has 1 aromatic carbocycles. The molecule has 0 aliphatic heterocycles. The second-order valence-corrected chi connectivity index (χ2v) is 5.82. The molecule has 1 unspecified atom stereocenters. The molecule has 0 aromatic heterocycles. The summed E-state index contributed by atoms with van der Waals surface area (Å²) in [7, 11) is 2.70. The van der Waals surface area contributed by atoms with Crippen molar-refractivity contribution >= 4 is 13.9 Å². The lowest BCUT2D eigenvalue weighted by molar-refractivity contribution is 0.418. The minimum atomic E-state index is 0.912. The van der Waals surface area contributed by atoms with Gasteiger partial charge >= 0.3 is 0 Å². The summed E-state index contributed by atoms with van der Waals surface area (Å²) in [6.45, 7) is 0. The van der Waals surface area contributed by atoms with Gasteiger partial charge in [0.15, 0.2) is 0 Å². The maximum Gasteiger partial charge on any atom is 0.126 e. The Balaban J connectivity index is 2.02. The van der Waals surface area contributed by atoms with Crippen molar-refractivity contribution in [3.05, 3.63) is 24.3 Å². The second-order valence-electron chi connectivity index (χ2n) is 4.18. The fourth-order valence-corrected chi connectivity index (χ4v) is 3.89. The Bertz CT molecular complexity index is 305. The van der Waals surface area contributed by atoms with Crippen molar-refractivity contribution in [1.29, 1.82) is 0 Å². The van der Waals surface area contributed by atoms with Crippen LogP contribution in [-0.2, 0) is 0 Å². The van der Waals surface area contributed by atoms with Gasteiger partial charge in [0.05, 0.1) is 7.11 Å². The van der Waals surface area contributed by atoms with Crippen molar-refractivity contribution in [2.24, 2.45) is 0 Å². The molecule has 15 heavy (non-hydrogen) atoms. The zero-order valence-electron chi connectivity index (χ0n) is 9.33. The number of rotatable bonds is 3. The quantitative estimate of drug-likeness (QED) is 0.713. The van der Waals surface area contributed by atoms with Crippen molar-refractivity contribution in [3.8, 4) is 5.75 Å². The van der Waals surface area contributed by atoms with Crippen LogP contribution >= 0.6 is 8.58 Å². The molecule has 0 saturated heterocycles. The molecule has 0 N–H and O–H groups in total. The zero-order chi connectivity index (χ0) is 10.5. The fraction of sp³-hybridized carbons (Fsp3) is 0.538. The van der Waals surface area contributed by atoms with E-state index in [-0.39, 0.29) is 0 Å². The number of para-hydroxylation sites is 1. The van der Waals surface area contributed by atoms with Crippen molar-refractivity contribution in [2.45, 2.75) is 37.8 Å². The van der Waals surface area contributed by atoms with E-state index in [2.05, 4.69) is 18.2 Å².